The predicted molar refractivity (Wildman–Crippen MR) is 128 cm³/mol. The highest BCUT2D eigenvalue weighted by molar-refractivity contribution is 5.97. The number of carbonyl (C=O) groups is 2. The number of hydrogen-bond acceptors (Lipinski definition) is 7. The SMILES string of the molecule is CCOC(=O)C(Oc1nc(C)cc(C)n1)C1(c2ccccc2)NCC(=O)N(C)c2ccccc21. The first-order valence-corrected chi connectivity index (χ1v) is 11.2. The van der Waals surface area contributed by atoms with Crippen molar-refractivity contribution in [3.05, 3.63) is 83.2 Å². The van der Waals surface area contributed by atoms with E-state index in [1.165, 1.54) is 0 Å². The molecule has 176 valence electrons. The number of para-hydroxylation sites is 1. The fraction of sp³-hybridized carbons (Fsp3) is 0.308. The number of benzene rings is 2. The first-order valence-electron chi connectivity index (χ1n) is 11.2. The van der Waals surface area contributed by atoms with E-state index < -0.39 is 17.6 Å². The number of aromatic nitrogens is 2. The third-order valence-electron chi connectivity index (χ3n) is 5.89. The minimum absolute atomic E-state index is 0.0208. The van der Waals surface area contributed by atoms with Crippen LogP contribution >= 0.6 is 0 Å². The highest BCUT2D eigenvalue weighted by atomic mass is 16.6. The molecule has 0 saturated heterocycles. The van der Waals surface area contributed by atoms with Crippen LogP contribution in [-0.4, -0.2) is 48.1 Å². The number of esters is 1. The van der Waals surface area contributed by atoms with Gasteiger partial charge in [0.15, 0.2) is 0 Å². The molecule has 1 aromatic heterocycles. The number of amides is 1. The Morgan fingerprint density at radius 2 is 1.74 bits per heavy atom. The zero-order chi connectivity index (χ0) is 24.3. The Hall–Kier alpha value is -3.78. The highest BCUT2D eigenvalue weighted by Crippen LogP contribution is 2.41. The van der Waals surface area contributed by atoms with Crippen LogP contribution in [0.25, 0.3) is 0 Å². The molecule has 3 aromatic rings. The third kappa shape index (κ3) is 4.24. The number of anilines is 1. The molecule has 0 aliphatic carbocycles. The second-order valence-corrected chi connectivity index (χ2v) is 8.18. The Morgan fingerprint density at radius 3 is 2.41 bits per heavy atom. The van der Waals surface area contributed by atoms with Crippen LogP contribution in [0, 0.1) is 13.8 Å². The van der Waals surface area contributed by atoms with Crippen molar-refractivity contribution >= 4 is 17.6 Å². The maximum atomic E-state index is 13.5. The lowest BCUT2D eigenvalue weighted by Crippen LogP contribution is -2.59. The normalized spacial score (nSPS) is 18.6. The van der Waals surface area contributed by atoms with Crippen molar-refractivity contribution in [1.82, 2.24) is 15.3 Å². The summed E-state index contributed by atoms with van der Waals surface area (Å²) in [5.74, 6) is -0.732. The molecule has 1 N–H and O–H groups in total. The smallest absolute Gasteiger partial charge is 0.350 e. The maximum Gasteiger partial charge on any atom is 0.350 e. The number of likely N-dealkylation sites (N-methyl/N-ethyl adjacent to an activating group) is 1. The fourth-order valence-corrected chi connectivity index (χ4v) is 4.39. The zero-order valence-electron chi connectivity index (χ0n) is 19.7. The Balaban J connectivity index is 2.00. The van der Waals surface area contributed by atoms with E-state index >= 15 is 0 Å². The van der Waals surface area contributed by atoms with Gasteiger partial charge in [0.1, 0.15) is 5.54 Å². The second kappa shape index (κ2) is 9.61. The summed E-state index contributed by atoms with van der Waals surface area (Å²) >= 11 is 0. The molecule has 1 aliphatic heterocycles. The van der Waals surface area contributed by atoms with E-state index in [1.807, 2.05) is 74.5 Å². The molecule has 8 nitrogen and oxygen atoms in total. The van der Waals surface area contributed by atoms with Gasteiger partial charge in [0, 0.05) is 29.7 Å². The minimum atomic E-state index is -1.26. The molecule has 1 amide bonds. The molecule has 0 spiro atoms. The van der Waals surface area contributed by atoms with E-state index in [0.717, 1.165) is 5.56 Å². The Labute approximate surface area is 198 Å². The van der Waals surface area contributed by atoms with Crippen LogP contribution in [0.1, 0.15) is 29.4 Å². The molecular formula is C26H28N4O4. The standard InChI is InChI=1S/C26H28N4O4/c1-5-33-24(32)23(34-25-28-17(2)15-18(3)29-25)26(19-11-7-6-8-12-19)20-13-9-10-14-21(20)30(4)22(31)16-27-26/h6-15,23,27H,5,16H2,1-4H3. The van der Waals surface area contributed by atoms with E-state index in [9.17, 15) is 9.59 Å². The Kier molecular flexibility index (Phi) is 6.61. The van der Waals surface area contributed by atoms with E-state index in [-0.39, 0.29) is 25.1 Å². The van der Waals surface area contributed by atoms with Crippen LogP contribution in [-0.2, 0) is 19.9 Å². The number of carbonyl (C=O) groups excluding carboxylic acids is 2. The van der Waals surface area contributed by atoms with E-state index in [4.69, 9.17) is 9.47 Å². The van der Waals surface area contributed by atoms with Gasteiger partial charge < -0.3 is 14.4 Å². The second-order valence-electron chi connectivity index (χ2n) is 8.18. The van der Waals surface area contributed by atoms with Gasteiger partial charge in [-0.05, 0) is 38.5 Å². The molecule has 2 aromatic carbocycles. The van der Waals surface area contributed by atoms with Crippen molar-refractivity contribution < 1.29 is 19.1 Å². The van der Waals surface area contributed by atoms with Gasteiger partial charge in [0.2, 0.25) is 12.0 Å². The first-order chi connectivity index (χ1) is 16.4. The number of ether oxygens (including phenoxy) is 2. The molecule has 0 fully saturated rings. The van der Waals surface area contributed by atoms with E-state index in [2.05, 4.69) is 15.3 Å². The summed E-state index contributed by atoms with van der Waals surface area (Å²) in [6.45, 7) is 5.55. The van der Waals surface area contributed by atoms with Gasteiger partial charge in [0.05, 0.1) is 13.2 Å². The van der Waals surface area contributed by atoms with Gasteiger partial charge in [-0.1, -0.05) is 48.5 Å². The van der Waals surface area contributed by atoms with Crippen LogP contribution in [0.4, 0.5) is 5.69 Å². The summed E-state index contributed by atoms with van der Waals surface area (Å²) in [5, 5.41) is 3.36. The molecular weight excluding hydrogens is 432 g/mol. The number of rotatable bonds is 6. The van der Waals surface area contributed by atoms with E-state index in [1.54, 1.807) is 18.9 Å². The topological polar surface area (TPSA) is 93.6 Å². The summed E-state index contributed by atoms with van der Waals surface area (Å²) in [4.78, 5) is 36.9. The number of aryl methyl sites for hydroxylation is 2. The van der Waals surface area contributed by atoms with Crippen molar-refractivity contribution in [3.8, 4) is 6.01 Å². The van der Waals surface area contributed by atoms with Crippen LogP contribution in [0.5, 0.6) is 6.01 Å². The Bertz CT molecular complexity index is 1180. The molecule has 0 saturated carbocycles. The van der Waals surface area contributed by atoms with E-state index in [0.29, 0.717) is 22.6 Å². The molecule has 0 bridgehead atoms. The summed E-state index contributed by atoms with van der Waals surface area (Å²) in [5.41, 5.74) is 2.28. The third-order valence-corrected chi connectivity index (χ3v) is 5.89. The lowest BCUT2D eigenvalue weighted by molar-refractivity contribution is -0.155. The van der Waals surface area contributed by atoms with Crippen LogP contribution in [0.3, 0.4) is 0 Å². The highest BCUT2D eigenvalue weighted by Gasteiger charge is 2.52. The lowest BCUT2D eigenvalue weighted by Gasteiger charge is -2.40. The molecule has 2 heterocycles. The molecule has 0 radical (unpaired) electrons. The molecule has 1 aliphatic rings. The quantitative estimate of drug-likeness (QED) is 0.566. The number of fused-ring (bicyclic) bond motifs is 1. The number of hydrogen-bond donors (Lipinski definition) is 1. The van der Waals surface area contributed by atoms with Crippen molar-refractivity contribution in [2.45, 2.75) is 32.4 Å². The maximum absolute atomic E-state index is 13.5. The minimum Gasteiger partial charge on any atom is -0.463 e. The largest absolute Gasteiger partial charge is 0.463 e. The molecule has 8 heteroatoms. The van der Waals surface area contributed by atoms with Gasteiger partial charge in [-0.3, -0.25) is 10.1 Å². The van der Waals surface area contributed by atoms with Crippen LogP contribution < -0.4 is 15.0 Å². The van der Waals surface area contributed by atoms with Gasteiger partial charge >= 0.3 is 12.0 Å². The zero-order valence-corrected chi connectivity index (χ0v) is 19.7. The molecule has 34 heavy (non-hydrogen) atoms. The van der Waals surface area contributed by atoms with Crippen LogP contribution in [0.15, 0.2) is 60.7 Å². The molecule has 2 unspecified atom stereocenters. The van der Waals surface area contributed by atoms with Gasteiger partial charge in [-0.25, -0.2) is 14.8 Å². The monoisotopic (exact) mass is 460 g/mol. The average molecular weight is 461 g/mol. The van der Waals surface area contributed by atoms with Gasteiger partial charge in [0.25, 0.3) is 0 Å². The number of nitrogens with one attached hydrogen (secondary N) is 1. The lowest BCUT2D eigenvalue weighted by atomic mass is 9.77. The van der Waals surface area contributed by atoms with Crippen molar-refractivity contribution in [2.24, 2.45) is 0 Å². The molecule has 4 rings (SSSR count). The summed E-state index contributed by atoms with van der Waals surface area (Å²) < 4.78 is 11.8. The van der Waals surface area contributed by atoms with Gasteiger partial charge in [-0.15, -0.1) is 0 Å². The van der Waals surface area contributed by atoms with Crippen LogP contribution in [0.2, 0.25) is 0 Å². The molecule has 2 atom stereocenters. The average Bonchev–Trinajstić information content (AvgIpc) is 2.93. The summed E-state index contributed by atoms with van der Waals surface area (Å²) in [6, 6.07) is 18.8. The summed E-state index contributed by atoms with van der Waals surface area (Å²) in [6.07, 6.45) is -1.23. The first kappa shape index (κ1) is 23.4. The van der Waals surface area contributed by atoms with Crippen molar-refractivity contribution in [3.63, 3.8) is 0 Å². The van der Waals surface area contributed by atoms with Crippen molar-refractivity contribution in [1.29, 1.82) is 0 Å². The Morgan fingerprint density at radius 1 is 1.09 bits per heavy atom. The fourth-order valence-electron chi connectivity index (χ4n) is 4.39. The van der Waals surface area contributed by atoms with Gasteiger partial charge in [-0.2, -0.15) is 0 Å². The summed E-state index contributed by atoms with van der Waals surface area (Å²) in [7, 11) is 1.72. The number of nitrogens with zero attached hydrogens (tertiary/aromatic N) is 3. The predicted octanol–water partition coefficient (Wildman–Crippen LogP) is 2.91. The van der Waals surface area contributed by atoms with Crippen molar-refractivity contribution in [2.75, 3.05) is 25.1 Å².